The van der Waals surface area contributed by atoms with Gasteiger partial charge in [0.2, 0.25) is 0 Å². The summed E-state index contributed by atoms with van der Waals surface area (Å²) in [5.41, 5.74) is 6.10. The van der Waals surface area contributed by atoms with Gasteiger partial charge in [-0.3, -0.25) is 4.99 Å². The molecule has 0 radical (unpaired) electrons. The number of aliphatic imine (C=N–C) groups is 1. The highest BCUT2D eigenvalue weighted by Crippen LogP contribution is 2.58. The van der Waals surface area contributed by atoms with E-state index in [0.29, 0.717) is 5.92 Å². The second-order valence-corrected chi connectivity index (χ2v) is 7.30. The summed E-state index contributed by atoms with van der Waals surface area (Å²) < 4.78 is 0. The van der Waals surface area contributed by atoms with Gasteiger partial charge in [-0.25, -0.2) is 0 Å². The van der Waals surface area contributed by atoms with Crippen molar-refractivity contribution in [3.63, 3.8) is 0 Å². The molecule has 1 unspecified atom stereocenters. The summed E-state index contributed by atoms with van der Waals surface area (Å²) in [6.45, 7) is 0. The third-order valence-corrected chi connectivity index (χ3v) is 6.03. The summed E-state index contributed by atoms with van der Waals surface area (Å²) in [7, 11) is 0. The first-order valence-corrected chi connectivity index (χ1v) is 9.34. The predicted molar refractivity (Wildman–Crippen MR) is 109 cm³/mol. The highest BCUT2D eigenvalue weighted by molar-refractivity contribution is 6.34. The maximum absolute atomic E-state index is 6.71. The van der Waals surface area contributed by atoms with E-state index in [4.69, 9.17) is 11.6 Å². The van der Waals surface area contributed by atoms with Gasteiger partial charge in [-0.15, -0.1) is 0 Å². The second kappa shape index (κ2) is 5.96. The van der Waals surface area contributed by atoms with Crippen molar-refractivity contribution in [3.05, 3.63) is 107 Å². The number of nitrogens with zero attached hydrogens (tertiary/aromatic N) is 1. The van der Waals surface area contributed by atoms with Gasteiger partial charge in [0, 0.05) is 28.9 Å². The van der Waals surface area contributed by atoms with E-state index < -0.39 is 0 Å². The monoisotopic (exact) mass is 355 g/mol. The molecule has 5 rings (SSSR count). The number of halogens is 1. The highest BCUT2D eigenvalue weighted by atomic mass is 35.5. The van der Waals surface area contributed by atoms with Crippen molar-refractivity contribution >= 4 is 17.8 Å². The van der Waals surface area contributed by atoms with Crippen molar-refractivity contribution < 1.29 is 0 Å². The molecule has 2 aliphatic rings. The Balaban J connectivity index is 1.93. The largest absolute Gasteiger partial charge is 0.269 e. The SMILES string of the molecule is Clc1cccc2c1-c1ccccc1[C@]2(c1ccccc1)C1C=CN=CC1. The van der Waals surface area contributed by atoms with E-state index in [1.807, 2.05) is 18.5 Å². The third kappa shape index (κ3) is 2.01. The molecule has 0 N–H and O–H groups in total. The van der Waals surface area contributed by atoms with Gasteiger partial charge in [0.05, 0.1) is 5.41 Å². The molecule has 0 spiro atoms. The van der Waals surface area contributed by atoms with Gasteiger partial charge in [-0.05, 0) is 34.7 Å². The maximum Gasteiger partial charge on any atom is 0.0530 e. The van der Waals surface area contributed by atoms with Gasteiger partial charge in [-0.1, -0.05) is 84.4 Å². The Morgan fingerprint density at radius 1 is 0.846 bits per heavy atom. The fourth-order valence-electron chi connectivity index (χ4n) is 4.73. The first-order chi connectivity index (χ1) is 12.8. The summed E-state index contributed by atoms with van der Waals surface area (Å²) in [5.74, 6) is 0.295. The summed E-state index contributed by atoms with van der Waals surface area (Å²) >= 11 is 6.71. The van der Waals surface area contributed by atoms with Crippen LogP contribution in [0.2, 0.25) is 5.02 Å². The Bertz CT molecular complexity index is 1040. The number of benzene rings is 3. The van der Waals surface area contributed by atoms with Crippen LogP contribution < -0.4 is 0 Å². The van der Waals surface area contributed by atoms with E-state index in [9.17, 15) is 0 Å². The molecule has 3 aromatic rings. The van der Waals surface area contributed by atoms with Gasteiger partial charge >= 0.3 is 0 Å². The van der Waals surface area contributed by atoms with Gasteiger partial charge in [0.15, 0.2) is 0 Å². The summed E-state index contributed by atoms with van der Waals surface area (Å²) in [5, 5.41) is 0.821. The summed E-state index contributed by atoms with van der Waals surface area (Å²) in [6.07, 6.45) is 7.12. The first kappa shape index (κ1) is 15.6. The molecule has 1 aliphatic heterocycles. The number of hydrogen-bond acceptors (Lipinski definition) is 1. The quantitative estimate of drug-likeness (QED) is 0.514. The number of rotatable bonds is 2. The second-order valence-electron chi connectivity index (χ2n) is 6.90. The Labute approximate surface area is 158 Å². The molecule has 2 atom stereocenters. The van der Waals surface area contributed by atoms with E-state index in [2.05, 4.69) is 77.8 Å². The van der Waals surface area contributed by atoms with Crippen molar-refractivity contribution in [3.8, 4) is 11.1 Å². The molecular formula is C24H18ClN. The van der Waals surface area contributed by atoms with Crippen LogP contribution in [0.1, 0.15) is 23.1 Å². The minimum atomic E-state index is -0.249. The lowest BCUT2D eigenvalue weighted by atomic mass is 9.63. The molecule has 2 heteroatoms. The van der Waals surface area contributed by atoms with Crippen molar-refractivity contribution in [1.82, 2.24) is 0 Å². The summed E-state index contributed by atoms with van der Waals surface area (Å²) in [6, 6.07) is 25.8. The van der Waals surface area contributed by atoms with Crippen LogP contribution in [0.4, 0.5) is 0 Å². The van der Waals surface area contributed by atoms with Crippen molar-refractivity contribution in [2.45, 2.75) is 11.8 Å². The van der Waals surface area contributed by atoms with E-state index >= 15 is 0 Å². The first-order valence-electron chi connectivity index (χ1n) is 8.96. The minimum absolute atomic E-state index is 0.249. The fourth-order valence-corrected chi connectivity index (χ4v) is 5.01. The molecule has 0 saturated heterocycles. The van der Waals surface area contributed by atoms with Crippen LogP contribution in [0.25, 0.3) is 11.1 Å². The Morgan fingerprint density at radius 3 is 2.42 bits per heavy atom. The van der Waals surface area contributed by atoms with Gasteiger partial charge in [0.25, 0.3) is 0 Å². The lowest BCUT2D eigenvalue weighted by Crippen LogP contribution is -2.36. The number of hydrogen-bond donors (Lipinski definition) is 0. The number of fused-ring (bicyclic) bond motifs is 3. The van der Waals surface area contributed by atoms with Crippen LogP contribution in [-0.4, -0.2) is 6.21 Å². The molecule has 0 aromatic heterocycles. The van der Waals surface area contributed by atoms with Crippen LogP contribution in [0.5, 0.6) is 0 Å². The molecular weight excluding hydrogens is 338 g/mol. The topological polar surface area (TPSA) is 12.4 Å². The standard InChI is InChI=1S/C24H18ClN/c25-22-12-6-11-21-23(22)19-9-4-5-10-20(19)24(21,17-7-2-1-3-8-17)18-13-15-26-16-14-18/h1-13,15-16,18H,14H2/t18?,24-/m0/s1. The lowest BCUT2D eigenvalue weighted by molar-refractivity contribution is 0.468. The molecule has 1 nitrogen and oxygen atoms in total. The minimum Gasteiger partial charge on any atom is -0.269 e. The maximum atomic E-state index is 6.71. The van der Waals surface area contributed by atoms with Crippen LogP contribution in [0.3, 0.4) is 0 Å². The lowest BCUT2D eigenvalue weighted by Gasteiger charge is -2.39. The van der Waals surface area contributed by atoms with E-state index in [-0.39, 0.29) is 5.41 Å². The van der Waals surface area contributed by atoms with E-state index in [0.717, 1.165) is 11.4 Å². The van der Waals surface area contributed by atoms with E-state index in [1.54, 1.807) is 0 Å². The normalized spacial score (nSPS) is 22.9. The molecule has 3 aromatic carbocycles. The zero-order chi connectivity index (χ0) is 17.6. The van der Waals surface area contributed by atoms with Crippen LogP contribution in [-0.2, 0) is 5.41 Å². The van der Waals surface area contributed by atoms with Gasteiger partial charge in [-0.2, -0.15) is 0 Å². The molecule has 0 saturated carbocycles. The molecule has 1 heterocycles. The van der Waals surface area contributed by atoms with E-state index in [1.165, 1.54) is 27.8 Å². The van der Waals surface area contributed by atoms with Crippen LogP contribution in [0, 0.1) is 5.92 Å². The highest BCUT2D eigenvalue weighted by Gasteiger charge is 2.49. The third-order valence-electron chi connectivity index (χ3n) is 5.71. The number of allylic oxidation sites excluding steroid dienone is 1. The van der Waals surface area contributed by atoms with Crippen molar-refractivity contribution in [2.24, 2.45) is 10.9 Å². The van der Waals surface area contributed by atoms with Crippen molar-refractivity contribution in [2.75, 3.05) is 0 Å². The molecule has 126 valence electrons. The predicted octanol–water partition coefficient (Wildman–Crippen LogP) is 6.26. The molecule has 0 fully saturated rings. The van der Waals surface area contributed by atoms with Gasteiger partial charge in [0.1, 0.15) is 0 Å². The smallest absolute Gasteiger partial charge is 0.0530 e. The average molecular weight is 356 g/mol. The molecule has 26 heavy (non-hydrogen) atoms. The summed E-state index contributed by atoms with van der Waals surface area (Å²) in [4.78, 5) is 4.32. The Hall–Kier alpha value is -2.64. The van der Waals surface area contributed by atoms with Gasteiger partial charge < -0.3 is 0 Å². The average Bonchev–Trinajstić information content (AvgIpc) is 3.02. The molecule has 0 amide bonds. The van der Waals surface area contributed by atoms with Crippen LogP contribution >= 0.6 is 11.6 Å². The Morgan fingerprint density at radius 2 is 1.62 bits per heavy atom. The van der Waals surface area contributed by atoms with Crippen molar-refractivity contribution in [1.29, 1.82) is 0 Å². The fraction of sp³-hybridized carbons (Fsp3) is 0.125. The molecule has 1 aliphatic carbocycles. The van der Waals surface area contributed by atoms with Crippen LogP contribution in [0.15, 0.2) is 90.1 Å². The zero-order valence-electron chi connectivity index (χ0n) is 14.3. The Kier molecular flexibility index (Phi) is 3.58. The molecule has 0 bridgehead atoms. The zero-order valence-corrected chi connectivity index (χ0v) is 15.0.